The van der Waals surface area contributed by atoms with E-state index in [0.717, 1.165) is 5.92 Å². The van der Waals surface area contributed by atoms with Crippen molar-refractivity contribution < 1.29 is 5.02 Å². The summed E-state index contributed by atoms with van der Waals surface area (Å²) in [5.41, 5.74) is 0. The first-order valence-corrected chi connectivity index (χ1v) is 4.12. The van der Waals surface area contributed by atoms with Crippen LogP contribution in [0.25, 0.3) is 0 Å². The zero-order valence-electron chi connectivity index (χ0n) is 6.80. The van der Waals surface area contributed by atoms with E-state index in [0.29, 0.717) is 6.04 Å². The lowest BCUT2D eigenvalue weighted by Gasteiger charge is -2.11. The van der Waals surface area contributed by atoms with Crippen molar-refractivity contribution in [3.05, 3.63) is 0 Å². The van der Waals surface area contributed by atoms with E-state index in [1.165, 1.54) is 19.3 Å². The minimum Gasteiger partial charge on any atom is -0.437 e. The van der Waals surface area contributed by atoms with Crippen LogP contribution in [0.15, 0.2) is 0 Å². The van der Waals surface area contributed by atoms with Crippen molar-refractivity contribution in [1.29, 1.82) is 0 Å². The summed E-state index contributed by atoms with van der Waals surface area (Å²) in [5, 5.41) is 12.1. The first kappa shape index (κ1) is 8.09. The molecular formula is C7H16BNO. The van der Waals surface area contributed by atoms with Crippen molar-refractivity contribution in [2.75, 3.05) is 0 Å². The van der Waals surface area contributed by atoms with Gasteiger partial charge in [-0.2, -0.15) is 0 Å². The topological polar surface area (TPSA) is 32.3 Å². The molecule has 1 fully saturated rings. The summed E-state index contributed by atoms with van der Waals surface area (Å²) < 4.78 is 0. The lowest BCUT2D eigenvalue weighted by molar-refractivity contribution is 0.508. The van der Waals surface area contributed by atoms with Gasteiger partial charge in [0, 0.05) is 0 Å². The molecule has 2 N–H and O–H groups in total. The second kappa shape index (κ2) is 3.40. The maximum atomic E-state index is 8.99. The molecule has 2 nitrogen and oxygen atoms in total. The SMILES string of the molecule is CB(O)N[C@@H]1CC[C@H](C)C1. The maximum absolute atomic E-state index is 8.99. The van der Waals surface area contributed by atoms with E-state index in [2.05, 4.69) is 12.2 Å². The summed E-state index contributed by atoms with van der Waals surface area (Å²) in [5.74, 6) is 0.844. The van der Waals surface area contributed by atoms with Crippen molar-refractivity contribution in [2.24, 2.45) is 5.92 Å². The van der Waals surface area contributed by atoms with Crippen LogP contribution in [-0.2, 0) is 0 Å². The highest BCUT2D eigenvalue weighted by Gasteiger charge is 2.22. The lowest BCUT2D eigenvalue weighted by Crippen LogP contribution is -2.38. The molecule has 0 aromatic carbocycles. The van der Waals surface area contributed by atoms with E-state index >= 15 is 0 Å². The average Bonchev–Trinajstić information content (AvgIpc) is 2.13. The average molecular weight is 141 g/mol. The Hall–Kier alpha value is -0.0151. The summed E-state index contributed by atoms with van der Waals surface area (Å²) in [7, 11) is -0.338. The predicted octanol–water partition coefficient (Wildman–Crippen LogP) is 0.875. The minimum atomic E-state index is -0.338. The van der Waals surface area contributed by atoms with E-state index in [4.69, 9.17) is 5.02 Å². The fraction of sp³-hybridized carbons (Fsp3) is 1.00. The van der Waals surface area contributed by atoms with Crippen molar-refractivity contribution in [1.82, 2.24) is 5.23 Å². The van der Waals surface area contributed by atoms with Gasteiger partial charge in [0.25, 0.3) is 0 Å². The molecule has 1 aliphatic carbocycles. The third-order valence-electron chi connectivity index (χ3n) is 2.17. The monoisotopic (exact) mass is 141 g/mol. The number of rotatable bonds is 2. The van der Waals surface area contributed by atoms with Crippen LogP contribution in [0.3, 0.4) is 0 Å². The second-order valence-corrected chi connectivity index (χ2v) is 3.46. The van der Waals surface area contributed by atoms with Gasteiger partial charge in [-0.05, 0) is 38.0 Å². The van der Waals surface area contributed by atoms with Crippen LogP contribution in [0.5, 0.6) is 0 Å². The van der Waals surface area contributed by atoms with Gasteiger partial charge in [0.05, 0.1) is 0 Å². The second-order valence-electron chi connectivity index (χ2n) is 3.46. The van der Waals surface area contributed by atoms with Crippen LogP contribution in [0.4, 0.5) is 0 Å². The Kier molecular flexibility index (Phi) is 2.75. The van der Waals surface area contributed by atoms with Crippen molar-refractivity contribution >= 4 is 7.05 Å². The van der Waals surface area contributed by atoms with Crippen LogP contribution in [0, 0.1) is 5.92 Å². The molecule has 1 rings (SSSR count). The third-order valence-corrected chi connectivity index (χ3v) is 2.17. The zero-order chi connectivity index (χ0) is 7.56. The first-order valence-electron chi connectivity index (χ1n) is 4.12. The predicted molar refractivity (Wildman–Crippen MR) is 43.8 cm³/mol. The van der Waals surface area contributed by atoms with Crippen molar-refractivity contribution in [2.45, 2.75) is 39.1 Å². The molecule has 0 aromatic rings. The molecule has 0 amide bonds. The minimum absolute atomic E-state index is 0.338. The number of nitrogens with one attached hydrogen (secondary N) is 1. The Bertz CT molecular complexity index is 108. The molecule has 10 heavy (non-hydrogen) atoms. The fourth-order valence-corrected chi connectivity index (χ4v) is 1.70. The van der Waals surface area contributed by atoms with Crippen LogP contribution >= 0.6 is 0 Å². The molecule has 1 saturated carbocycles. The molecule has 0 heterocycles. The van der Waals surface area contributed by atoms with Gasteiger partial charge in [0.1, 0.15) is 0 Å². The van der Waals surface area contributed by atoms with Gasteiger partial charge in [-0.1, -0.05) is 6.92 Å². The van der Waals surface area contributed by atoms with Crippen molar-refractivity contribution in [3.8, 4) is 0 Å². The Morgan fingerprint density at radius 1 is 1.50 bits per heavy atom. The molecule has 3 heteroatoms. The normalized spacial score (nSPS) is 32.7. The highest BCUT2D eigenvalue weighted by molar-refractivity contribution is 6.45. The van der Waals surface area contributed by atoms with E-state index in [-0.39, 0.29) is 7.05 Å². The van der Waals surface area contributed by atoms with Crippen LogP contribution in [0.2, 0.25) is 6.82 Å². The lowest BCUT2D eigenvalue weighted by atomic mass is 9.87. The van der Waals surface area contributed by atoms with Crippen LogP contribution < -0.4 is 5.23 Å². The molecule has 0 saturated heterocycles. The van der Waals surface area contributed by atoms with Gasteiger partial charge in [-0.3, -0.25) is 0 Å². The summed E-state index contributed by atoms with van der Waals surface area (Å²) in [6, 6.07) is 0.565. The molecule has 2 atom stereocenters. The Morgan fingerprint density at radius 2 is 2.20 bits per heavy atom. The summed E-state index contributed by atoms with van der Waals surface area (Å²) in [6.07, 6.45) is 3.77. The van der Waals surface area contributed by atoms with Gasteiger partial charge in [-0.25, -0.2) is 0 Å². The van der Waals surface area contributed by atoms with Gasteiger partial charge in [-0.15, -0.1) is 0 Å². The summed E-state index contributed by atoms with van der Waals surface area (Å²) in [6.45, 7) is 4.05. The molecule has 0 radical (unpaired) electrons. The molecule has 58 valence electrons. The van der Waals surface area contributed by atoms with Gasteiger partial charge < -0.3 is 10.3 Å². The smallest absolute Gasteiger partial charge is 0.373 e. The number of hydrogen-bond acceptors (Lipinski definition) is 2. The van der Waals surface area contributed by atoms with Gasteiger partial charge >= 0.3 is 7.05 Å². The van der Waals surface area contributed by atoms with Gasteiger partial charge in [0.2, 0.25) is 0 Å². The molecule has 0 unspecified atom stereocenters. The molecule has 0 bridgehead atoms. The molecule has 0 spiro atoms. The molecule has 1 aliphatic rings. The molecule has 0 aliphatic heterocycles. The van der Waals surface area contributed by atoms with Crippen LogP contribution in [-0.4, -0.2) is 18.1 Å². The van der Waals surface area contributed by atoms with E-state index < -0.39 is 0 Å². The zero-order valence-corrected chi connectivity index (χ0v) is 6.80. The number of hydrogen-bond donors (Lipinski definition) is 2. The summed E-state index contributed by atoms with van der Waals surface area (Å²) in [4.78, 5) is 0. The van der Waals surface area contributed by atoms with Gasteiger partial charge in [0.15, 0.2) is 0 Å². The highest BCUT2D eigenvalue weighted by atomic mass is 16.2. The van der Waals surface area contributed by atoms with E-state index in [1.54, 1.807) is 6.82 Å². The van der Waals surface area contributed by atoms with Crippen molar-refractivity contribution in [3.63, 3.8) is 0 Å². The quantitative estimate of drug-likeness (QED) is 0.559. The molecular weight excluding hydrogens is 125 g/mol. The maximum Gasteiger partial charge on any atom is 0.373 e. The Balaban J connectivity index is 2.18. The first-order chi connectivity index (χ1) is 4.68. The third kappa shape index (κ3) is 2.31. The Morgan fingerprint density at radius 3 is 2.60 bits per heavy atom. The fourth-order valence-electron chi connectivity index (χ4n) is 1.70. The summed E-state index contributed by atoms with van der Waals surface area (Å²) >= 11 is 0. The van der Waals surface area contributed by atoms with E-state index in [1.807, 2.05) is 0 Å². The Labute approximate surface area is 63.1 Å². The van der Waals surface area contributed by atoms with Crippen LogP contribution in [0.1, 0.15) is 26.2 Å². The van der Waals surface area contributed by atoms with E-state index in [9.17, 15) is 0 Å². The molecule has 0 aromatic heterocycles. The highest BCUT2D eigenvalue weighted by Crippen LogP contribution is 2.24. The largest absolute Gasteiger partial charge is 0.437 e. The standard InChI is InChI=1S/C7H16BNO/c1-6-3-4-7(5-6)9-8(2)10/h6-7,9-10H,3-5H2,1-2H3/t6-,7+/m0/s1.